The van der Waals surface area contributed by atoms with Crippen LogP contribution >= 0.6 is 0 Å². The molecule has 0 fully saturated rings. The summed E-state index contributed by atoms with van der Waals surface area (Å²) in [6, 6.07) is -3.58. The molecule has 0 aliphatic carbocycles. The molecule has 0 aromatic carbocycles. The third-order valence-electron chi connectivity index (χ3n) is 4.88. The monoisotopic (exact) mass is 442 g/mol. The van der Waals surface area contributed by atoms with Gasteiger partial charge in [0.1, 0.15) is 18.1 Å². The van der Waals surface area contributed by atoms with Crippen molar-refractivity contribution in [3.63, 3.8) is 0 Å². The molecule has 9 heteroatoms. The maximum absolute atomic E-state index is 13.0. The summed E-state index contributed by atoms with van der Waals surface area (Å²) in [5.74, 6) is -2.87. The Balaban J connectivity index is 5.42. The van der Waals surface area contributed by atoms with E-state index in [-0.39, 0.29) is 23.7 Å². The number of nitrogens with two attached hydrogens (primary N) is 1. The number of aliphatic carboxylic acids is 1. The van der Waals surface area contributed by atoms with Crippen molar-refractivity contribution >= 4 is 23.7 Å². The lowest BCUT2D eigenvalue weighted by Gasteiger charge is -2.28. The fourth-order valence-corrected chi connectivity index (χ4v) is 3.14. The minimum absolute atomic E-state index is 0.0740. The maximum atomic E-state index is 13.0. The highest BCUT2D eigenvalue weighted by Crippen LogP contribution is 2.11. The Bertz CT molecular complexity index is 619. The molecule has 6 N–H and O–H groups in total. The molecule has 0 aliphatic heterocycles. The smallest absolute Gasteiger partial charge is 0.326 e. The summed E-state index contributed by atoms with van der Waals surface area (Å²) >= 11 is 0. The van der Waals surface area contributed by atoms with Gasteiger partial charge in [-0.25, -0.2) is 4.79 Å². The van der Waals surface area contributed by atoms with Crippen LogP contribution in [0.15, 0.2) is 0 Å². The molecule has 180 valence electrons. The number of amides is 3. The van der Waals surface area contributed by atoms with Gasteiger partial charge in [0.05, 0.1) is 6.04 Å². The molecule has 0 aliphatic rings. The molecule has 31 heavy (non-hydrogen) atoms. The predicted molar refractivity (Wildman–Crippen MR) is 120 cm³/mol. The third-order valence-corrected chi connectivity index (χ3v) is 4.88. The van der Waals surface area contributed by atoms with Crippen LogP contribution in [-0.4, -0.2) is 53.0 Å². The van der Waals surface area contributed by atoms with E-state index in [2.05, 4.69) is 16.0 Å². The van der Waals surface area contributed by atoms with Gasteiger partial charge in [-0.2, -0.15) is 0 Å². The first-order valence-electron chi connectivity index (χ1n) is 11.1. The Morgan fingerprint density at radius 1 is 0.677 bits per heavy atom. The number of carboxylic acids is 1. The van der Waals surface area contributed by atoms with Gasteiger partial charge in [0, 0.05) is 0 Å². The molecule has 3 amide bonds. The third kappa shape index (κ3) is 10.6. The molecule has 0 saturated carbocycles. The van der Waals surface area contributed by atoms with Crippen LogP contribution < -0.4 is 21.7 Å². The molecule has 0 aromatic rings. The van der Waals surface area contributed by atoms with Gasteiger partial charge in [-0.1, -0.05) is 55.4 Å². The van der Waals surface area contributed by atoms with Crippen LogP contribution in [-0.2, 0) is 19.2 Å². The second kappa shape index (κ2) is 13.3. The van der Waals surface area contributed by atoms with Gasteiger partial charge in [0.25, 0.3) is 0 Å². The van der Waals surface area contributed by atoms with Crippen LogP contribution in [0.4, 0.5) is 0 Å². The normalized spacial score (nSPS) is 15.5. The standard InChI is InChI=1S/C22H42N4O5/c1-11(2)9-15(23)19(27)25-17(13(5)6)21(29)24-16(10-12(3)4)20(28)26-18(14(7)8)22(30)31/h11-18H,9-10,23H2,1-8H3,(H,24,29)(H,25,27)(H,26,28)(H,30,31)/t15-,16-,17-,18-/m0/s1. The predicted octanol–water partition coefficient (Wildman–Crippen LogP) is 1.26. The first-order chi connectivity index (χ1) is 14.2. The highest BCUT2D eigenvalue weighted by molar-refractivity contribution is 5.94. The summed E-state index contributed by atoms with van der Waals surface area (Å²) in [6.07, 6.45) is 0.816. The van der Waals surface area contributed by atoms with Crippen LogP contribution in [0.1, 0.15) is 68.2 Å². The number of carbonyl (C=O) groups is 4. The average molecular weight is 443 g/mol. The van der Waals surface area contributed by atoms with Crippen molar-refractivity contribution < 1.29 is 24.3 Å². The van der Waals surface area contributed by atoms with Crippen LogP contribution in [0.3, 0.4) is 0 Å². The minimum Gasteiger partial charge on any atom is -0.480 e. The Morgan fingerprint density at radius 3 is 1.52 bits per heavy atom. The zero-order valence-electron chi connectivity index (χ0n) is 20.2. The van der Waals surface area contributed by atoms with E-state index in [0.29, 0.717) is 12.8 Å². The van der Waals surface area contributed by atoms with Crippen molar-refractivity contribution in [2.24, 2.45) is 29.4 Å². The Labute approximate surface area is 186 Å². The van der Waals surface area contributed by atoms with E-state index < -0.39 is 47.9 Å². The molecular formula is C22H42N4O5. The zero-order chi connectivity index (χ0) is 24.5. The van der Waals surface area contributed by atoms with Crippen molar-refractivity contribution in [3.8, 4) is 0 Å². The van der Waals surface area contributed by atoms with E-state index in [9.17, 15) is 24.3 Å². The van der Waals surface area contributed by atoms with Gasteiger partial charge < -0.3 is 26.8 Å². The molecular weight excluding hydrogens is 400 g/mol. The fourth-order valence-electron chi connectivity index (χ4n) is 3.14. The van der Waals surface area contributed by atoms with E-state index in [1.807, 2.05) is 27.7 Å². The van der Waals surface area contributed by atoms with Crippen LogP contribution in [0.5, 0.6) is 0 Å². The highest BCUT2D eigenvalue weighted by atomic mass is 16.4. The Morgan fingerprint density at radius 2 is 1.13 bits per heavy atom. The lowest BCUT2D eigenvalue weighted by atomic mass is 9.98. The molecule has 0 aromatic heterocycles. The van der Waals surface area contributed by atoms with Gasteiger partial charge in [-0.15, -0.1) is 0 Å². The van der Waals surface area contributed by atoms with Crippen LogP contribution in [0.2, 0.25) is 0 Å². The summed E-state index contributed by atoms with van der Waals surface area (Å²) in [4.78, 5) is 49.6. The number of carboxylic acid groups (broad SMARTS) is 1. The minimum atomic E-state index is -1.13. The van der Waals surface area contributed by atoms with Crippen molar-refractivity contribution in [3.05, 3.63) is 0 Å². The second-order valence-electron chi connectivity index (χ2n) is 9.73. The molecule has 0 heterocycles. The summed E-state index contributed by atoms with van der Waals surface area (Å²) in [6.45, 7) is 14.7. The molecule has 0 saturated heterocycles. The summed E-state index contributed by atoms with van der Waals surface area (Å²) in [5, 5.41) is 17.3. The van der Waals surface area contributed by atoms with Crippen LogP contribution in [0, 0.1) is 23.7 Å². The molecule has 0 rings (SSSR count). The maximum Gasteiger partial charge on any atom is 0.326 e. The molecule has 0 spiro atoms. The number of carbonyl (C=O) groups excluding carboxylic acids is 3. The quantitative estimate of drug-likeness (QED) is 0.290. The van der Waals surface area contributed by atoms with Crippen molar-refractivity contribution in [2.45, 2.75) is 92.4 Å². The number of rotatable bonds is 13. The summed E-state index contributed by atoms with van der Waals surface area (Å²) < 4.78 is 0. The van der Waals surface area contributed by atoms with E-state index >= 15 is 0 Å². The van der Waals surface area contributed by atoms with Crippen molar-refractivity contribution in [1.29, 1.82) is 0 Å². The van der Waals surface area contributed by atoms with E-state index in [1.165, 1.54) is 0 Å². The number of hydrogen-bond acceptors (Lipinski definition) is 5. The summed E-state index contributed by atoms with van der Waals surface area (Å²) in [5.41, 5.74) is 5.93. The van der Waals surface area contributed by atoms with E-state index in [4.69, 9.17) is 5.73 Å². The lowest BCUT2D eigenvalue weighted by Crippen LogP contribution is -2.59. The van der Waals surface area contributed by atoms with Gasteiger partial charge in [0.2, 0.25) is 17.7 Å². The first-order valence-corrected chi connectivity index (χ1v) is 11.1. The van der Waals surface area contributed by atoms with Gasteiger partial charge in [-0.3, -0.25) is 14.4 Å². The number of hydrogen-bond donors (Lipinski definition) is 5. The topological polar surface area (TPSA) is 151 Å². The fraction of sp³-hybridized carbons (Fsp3) is 0.818. The molecule has 0 bridgehead atoms. The molecule has 9 nitrogen and oxygen atoms in total. The second-order valence-corrected chi connectivity index (χ2v) is 9.73. The molecule has 4 atom stereocenters. The van der Waals surface area contributed by atoms with Crippen molar-refractivity contribution in [1.82, 2.24) is 16.0 Å². The van der Waals surface area contributed by atoms with Gasteiger partial charge in [-0.05, 0) is 36.5 Å². The average Bonchev–Trinajstić information content (AvgIpc) is 2.60. The Hall–Kier alpha value is -2.16. The molecule has 0 radical (unpaired) electrons. The first kappa shape index (κ1) is 28.8. The largest absolute Gasteiger partial charge is 0.480 e. The number of nitrogens with one attached hydrogen (secondary N) is 3. The molecule has 0 unspecified atom stereocenters. The van der Waals surface area contributed by atoms with Gasteiger partial charge in [0.15, 0.2) is 0 Å². The van der Waals surface area contributed by atoms with Crippen molar-refractivity contribution in [2.75, 3.05) is 0 Å². The van der Waals surface area contributed by atoms with Crippen LogP contribution in [0.25, 0.3) is 0 Å². The summed E-state index contributed by atoms with van der Waals surface area (Å²) in [7, 11) is 0. The zero-order valence-corrected chi connectivity index (χ0v) is 20.2. The Kier molecular flexibility index (Phi) is 12.4. The lowest BCUT2D eigenvalue weighted by molar-refractivity contribution is -0.143. The van der Waals surface area contributed by atoms with E-state index in [0.717, 1.165) is 0 Å². The van der Waals surface area contributed by atoms with Gasteiger partial charge >= 0.3 is 5.97 Å². The van der Waals surface area contributed by atoms with E-state index in [1.54, 1.807) is 27.7 Å². The highest BCUT2D eigenvalue weighted by Gasteiger charge is 2.32. The SMILES string of the molecule is CC(C)C[C@H](NC(=O)[C@@H](NC(=O)[C@@H](N)CC(C)C)C(C)C)C(=O)N[C@H](C(=O)O)C(C)C.